The molecule has 72 heavy (non-hydrogen) atoms. The van der Waals surface area contributed by atoms with E-state index in [1.54, 1.807) is 6.92 Å². The first kappa shape index (κ1) is 54.3. The van der Waals surface area contributed by atoms with Gasteiger partial charge < -0.3 is 67.5 Å². The van der Waals surface area contributed by atoms with E-state index in [-0.39, 0.29) is 76.9 Å². The number of fused-ring (bicyclic) bond motifs is 5. The Bertz CT molecular complexity index is 2830. The zero-order valence-corrected chi connectivity index (χ0v) is 41.3. The molecule has 1 saturated heterocycles. The smallest absolute Gasteiger partial charge is 0.326 e. The van der Waals surface area contributed by atoms with Crippen LogP contribution in [0, 0.1) is 6.92 Å². The van der Waals surface area contributed by atoms with Crippen molar-refractivity contribution in [3.05, 3.63) is 82.5 Å². The highest BCUT2D eigenvalue weighted by Crippen LogP contribution is 2.45. The number of nitrogens with one attached hydrogen (secondary N) is 4. The standard InChI is InChI=1S/C47H61N11O13S/c1-23-37(41(51-6)56-40(52-23)26-8-10-28(11-9-26)47(3,4)5)43(63)55-34-19-57(72(50,68)69)22-58(45(34)65)38-27-15-32(39(61)36(16-27)71-21-30(60)18-49)31-13-25(7-12-35(31)70-20-29(59)17-48)14-33(46(66)67)54-42(62)24(2)53-44(38)64/h7-13,15-16,24,29-30,33-34,38,59-61H,14,17-22,48-49H2,1-6H3,(H,53,64)(H,54,62)(H,55,63)(H,66,67)(H2,50,68,69)(H,51,52,56)/t24-,29+,30+,33-,34-,38-/m0/s1. The van der Waals surface area contributed by atoms with E-state index < -0.39 is 108 Å². The number of carboxylic acids is 1. The highest BCUT2D eigenvalue weighted by Gasteiger charge is 2.45. The molecule has 0 spiro atoms. The summed E-state index contributed by atoms with van der Waals surface area (Å²) in [4.78, 5) is 80.4. The molecule has 14 N–H and O–H groups in total. The normalized spacial score (nSPS) is 19.8. The minimum Gasteiger partial charge on any atom is -0.504 e. The maximum absolute atomic E-state index is 15.0. The van der Waals surface area contributed by atoms with Crippen LogP contribution in [0.3, 0.4) is 0 Å². The van der Waals surface area contributed by atoms with Crippen LogP contribution in [-0.4, -0.2) is 155 Å². The van der Waals surface area contributed by atoms with Gasteiger partial charge in [0.05, 0.1) is 12.4 Å². The number of ether oxygens (including phenoxy) is 2. The first-order chi connectivity index (χ1) is 33.8. The van der Waals surface area contributed by atoms with Gasteiger partial charge in [0.2, 0.25) is 17.7 Å². The lowest BCUT2D eigenvalue weighted by molar-refractivity contribution is -0.148. The lowest BCUT2D eigenvalue weighted by Crippen LogP contribution is -2.65. The molecule has 3 aromatic carbocycles. The molecule has 4 bridgehead atoms. The number of carbonyl (C=O) groups is 5. The molecule has 388 valence electrons. The predicted molar refractivity (Wildman–Crippen MR) is 262 cm³/mol. The van der Waals surface area contributed by atoms with Gasteiger partial charge >= 0.3 is 5.97 Å². The van der Waals surface area contributed by atoms with E-state index in [0.29, 0.717) is 15.4 Å². The fourth-order valence-corrected chi connectivity index (χ4v) is 8.64. The quantitative estimate of drug-likeness (QED) is 0.0704. The van der Waals surface area contributed by atoms with Gasteiger partial charge in [-0.2, -0.15) is 12.7 Å². The third-order valence-electron chi connectivity index (χ3n) is 12.0. The van der Waals surface area contributed by atoms with Gasteiger partial charge in [0.15, 0.2) is 17.3 Å². The van der Waals surface area contributed by atoms with Gasteiger partial charge in [0.1, 0.15) is 66.7 Å². The third kappa shape index (κ3) is 12.4. The zero-order chi connectivity index (χ0) is 53.0. The number of hydrogen-bond acceptors (Lipinski definition) is 17. The van der Waals surface area contributed by atoms with Crippen LogP contribution in [0.5, 0.6) is 17.2 Å². The van der Waals surface area contributed by atoms with Crippen LogP contribution in [0.15, 0.2) is 54.6 Å². The van der Waals surface area contributed by atoms with E-state index in [1.807, 2.05) is 24.3 Å². The van der Waals surface area contributed by atoms with Crippen molar-refractivity contribution in [3.8, 4) is 39.8 Å². The summed E-state index contributed by atoms with van der Waals surface area (Å²) >= 11 is 0. The summed E-state index contributed by atoms with van der Waals surface area (Å²) in [5, 5.41) is 59.0. The molecule has 6 rings (SSSR count). The second-order valence-electron chi connectivity index (χ2n) is 18.5. The molecule has 4 aromatic rings. The molecule has 2 aliphatic heterocycles. The van der Waals surface area contributed by atoms with Crippen LogP contribution >= 0.6 is 0 Å². The molecule has 0 aliphatic carbocycles. The third-order valence-corrected chi connectivity index (χ3v) is 13.0. The Kier molecular flexibility index (Phi) is 16.7. The van der Waals surface area contributed by atoms with E-state index >= 15 is 0 Å². The van der Waals surface area contributed by atoms with Gasteiger partial charge in [-0.15, -0.1) is 0 Å². The topological polar surface area (TPSA) is 377 Å². The Hall–Kier alpha value is -7.00. The lowest BCUT2D eigenvalue weighted by Gasteiger charge is -2.42. The fraction of sp³-hybridized carbons (Fsp3) is 0.426. The van der Waals surface area contributed by atoms with E-state index in [9.17, 15) is 52.8 Å². The molecule has 1 aromatic heterocycles. The van der Waals surface area contributed by atoms with Gasteiger partial charge in [0, 0.05) is 49.8 Å². The molecule has 3 heterocycles. The van der Waals surface area contributed by atoms with Crippen LogP contribution in [0.25, 0.3) is 22.5 Å². The van der Waals surface area contributed by atoms with Crippen molar-refractivity contribution in [2.45, 2.75) is 82.8 Å². The SMILES string of the molecule is CNc1nc(-c2ccc(C(C)(C)C)cc2)nc(C)c1C(=O)N[C@H]1CN(S(N)(=O)=O)CN([C@@H]2C(=O)N[C@@H](C)C(=O)N[C@H](C(=O)O)Cc3ccc(OC[C@H](O)CN)c(c3)-c3cc2cc(OC[C@H](O)CN)c3O)C1=O. The number of anilines is 1. The summed E-state index contributed by atoms with van der Waals surface area (Å²) in [5.41, 5.74) is 12.9. The number of aromatic nitrogens is 2. The summed E-state index contributed by atoms with van der Waals surface area (Å²) in [5.74, 6) is -6.14. The average molecular weight is 1020 g/mol. The Morgan fingerprint density at radius 3 is 2.14 bits per heavy atom. The maximum Gasteiger partial charge on any atom is 0.326 e. The number of benzene rings is 3. The number of aryl methyl sites for hydroxylation is 1. The minimum atomic E-state index is -4.74. The van der Waals surface area contributed by atoms with Crippen molar-refractivity contribution < 1.29 is 62.3 Å². The van der Waals surface area contributed by atoms with Gasteiger partial charge in [0.25, 0.3) is 16.1 Å². The maximum atomic E-state index is 15.0. The van der Waals surface area contributed by atoms with E-state index in [0.717, 1.165) is 16.5 Å². The Balaban J connectivity index is 1.51. The number of nitrogens with zero attached hydrogens (tertiary/aromatic N) is 4. The lowest BCUT2D eigenvalue weighted by atomic mass is 9.86. The Morgan fingerprint density at radius 2 is 1.56 bits per heavy atom. The number of carboxylic acid groups (broad SMARTS) is 1. The second kappa shape index (κ2) is 22.2. The predicted octanol–water partition coefficient (Wildman–Crippen LogP) is -0.664. The minimum absolute atomic E-state index is 0.00631. The molecule has 0 radical (unpaired) electrons. The number of nitrogens with two attached hydrogens (primary N) is 3. The highest BCUT2D eigenvalue weighted by atomic mass is 32.2. The number of aliphatic hydroxyl groups excluding tert-OH is 2. The molecule has 2 aliphatic rings. The molecular weight excluding hydrogens is 959 g/mol. The molecule has 6 atom stereocenters. The van der Waals surface area contributed by atoms with Crippen molar-refractivity contribution in [1.82, 2.24) is 35.1 Å². The fourth-order valence-electron chi connectivity index (χ4n) is 8.00. The van der Waals surface area contributed by atoms with Crippen LogP contribution < -0.4 is 47.3 Å². The van der Waals surface area contributed by atoms with Gasteiger partial charge in [-0.25, -0.2) is 19.9 Å². The number of amides is 4. The summed E-state index contributed by atoms with van der Waals surface area (Å²) in [7, 11) is -3.22. The van der Waals surface area contributed by atoms with Crippen LogP contribution in [-0.2, 0) is 41.2 Å². The van der Waals surface area contributed by atoms with E-state index in [1.165, 1.54) is 38.2 Å². The molecule has 0 unspecified atom stereocenters. The summed E-state index contributed by atoms with van der Waals surface area (Å²) in [6.07, 6.45) is -2.75. The van der Waals surface area contributed by atoms with Gasteiger partial charge in [-0.1, -0.05) is 51.1 Å². The number of aromatic hydroxyl groups is 1. The van der Waals surface area contributed by atoms with Crippen LogP contribution in [0.1, 0.15) is 66.5 Å². The second-order valence-corrected chi connectivity index (χ2v) is 20.0. The molecule has 4 amide bonds. The van der Waals surface area contributed by atoms with Gasteiger partial charge in [-0.3, -0.25) is 19.2 Å². The number of aliphatic carboxylic acids is 1. The number of rotatable bonds is 15. The van der Waals surface area contributed by atoms with E-state index in [2.05, 4.69) is 52.0 Å². The molecule has 25 heteroatoms. The first-order valence-corrected chi connectivity index (χ1v) is 24.3. The average Bonchev–Trinajstić information content (AvgIpc) is 3.32. The van der Waals surface area contributed by atoms with Gasteiger partial charge in [-0.05, 0) is 60.2 Å². The monoisotopic (exact) mass is 1020 g/mol. The number of aliphatic hydroxyl groups is 2. The van der Waals surface area contributed by atoms with Crippen LogP contribution in [0.2, 0.25) is 0 Å². The van der Waals surface area contributed by atoms with Crippen LogP contribution in [0.4, 0.5) is 5.82 Å². The molecular formula is C47H61N11O13S. The molecule has 0 saturated carbocycles. The van der Waals surface area contributed by atoms with E-state index in [4.69, 9.17) is 26.1 Å². The first-order valence-electron chi connectivity index (χ1n) is 22.8. The number of hydrogen-bond donors (Lipinski definition) is 11. The number of phenolic OH excluding ortho intramolecular Hbond substituents is 1. The van der Waals surface area contributed by atoms with Crippen molar-refractivity contribution >= 4 is 45.6 Å². The highest BCUT2D eigenvalue weighted by molar-refractivity contribution is 7.86. The van der Waals surface area contributed by atoms with Crippen molar-refractivity contribution in [2.75, 3.05) is 51.9 Å². The summed E-state index contributed by atoms with van der Waals surface area (Å²) < 4.78 is 39.0. The molecule has 1 fully saturated rings. The van der Waals surface area contributed by atoms with Crippen molar-refractivity contribution in [1.29, 1.82) is 0 Å². The zero-order valence-electron chi connectivity index (χ0n) is 40.5. The molecule has 24 nitrogen and oxygen atoms in total. The Morgan fingerprint density at radius 1 is 0.917 bits per heavy atom. The Labute approximate surface area is 415 Å². The number of carbonyl (C=O) groups excluding carboxylic acids is 4. The van der Waals surface area contributed by atoms with Crippen molar-refractivity contribution in [3.63, 3.8) is 0 Å². The number of phenols is 1. The largest absolute Gasteiger partial charge is 0.504 e. The summed E-state index contributed by atoms with van der Waals surface area (Å²) in [6, 6.07) is 7.50. The van der Waals surface area contributed by atoms with Crippen molar-refractivity contribution in [2.24, 2.45) is 16.6 Å². The summed E-state index contributed by atoms with van der Waals surface area (Å²) in [6.45, 7) is 6.04.